The molecule has 2 aromatic rings. The lowest BCUT2D eigenvalue weighted by Crippen LogP contribution is -2.15. The molecule has 1 aromatic heterocycles. The van der Waals surface area contributed by atoms with Crippen LogP contribution in [-0.2, 0) is 6.18 Å². The zero-order valence-corrected chi connectivity index (χ0v) is 14.1. The Hall–Kier alpha value is -2.35. The van der Waals surface area contributed by atoms with E-state index in [1.807, 2.05) is 13.8 Å². The molecule has 0 radical (unpaired) electrons. The Balaban J connectivity index is 2.46. The average Bonchev–Trinajstić information content (AvgIpc) is 2.53. The largest absolute Gasteiger partial charge is 0.478 e. The Labute approximate surface area is 146 Å². The summed E-state index contributed by atoms with van der Waals surface area (Å²) in [5.41, 5.74) is -1.75. The van der Waals surface area contributed by atoms with Crippen LogP contribution in [0.1, 0.15) is 51.9 Å². The van der Waals surface area contributed by atoms with Crippen LogP contribution in [0.2, 0.25) is 0 Å². The van der Waals surface area contributed by atoms with Crippen molar-refractivity contribution >= 4 is 22.8 Å². The van der Waals surface area contributed by atoms with Crippen molar-refractivity contribution in [2.75, 3.05) is 0 Å². The Morgan fingerprint density at radius 2 is 1.76 bits per heavy atom. The third-order valence-electron chi connectivity index (χ3n) is 3.35. The third-order valence-corrected chi connectivity index (χ3v) is 4.32. The summed E-state index contributed by atoms with van der Waals surface area (Å²) in [5, 5.41) is 8.28. The number of carbonyl (C=O) groups is 2. The standard InChI is InChI=1S/C17H14F3NO3S/c1-9(2)10-5-3-4-6-12(10)25-16(24)14-11(15(22)23)7-8-13(21-14)17(18,19)20/h3-9H,1-2H3,(H,22,23). The van der Waals surface area contributed by atoms with Gasteiger partial charge in [-0.1, -0.05) is 32.0 Å². The van der Waals surface area contributed by atoms with Crippen molar-refractivity contribution in [3.05, 3.63) is 58.9 Å². The molecule has 0 unspecified atom stereocenters. The summed E-state index contributed by atoms with van der Waals surface area (Å²) in [6.07, 6.45) is -4.77. The summed E-state index contributed by atoms with van der Waals surface area (Å²) in [5.74, 6) is -1.42. The van der Waals surface area contributed by atoms with Gasteiger partial charge in [0.15, 0.2) is 0 Å². The van der Waals surface area contributed by atoms with E-state index in [0.29, 0.717) is 22.7 Å². The zero-order valence-electron chi connectivity index (χ0n) is 13.3. The van der Waals surface area contributed by atoms with Crippen LogP contribution in [0, 0.1) is 0 Å². The minimum Gasteiger partial charge on any atom is -0.478 e. The molecule has 0 saturated heterocycles. The lowest BCUT2D eigenvalue weighted by atomic mass is 10.0. The smallest absolute Gasteiger partial charge is 0.433 e. The topological polar surface area (TPSA) is 67.3 Å². The molecule has 0 atom stereocenters. The molecule has 25 heavy (non-hydrogen) atoms. The maximum Gasteiger partial charge on any atom is 0.433 e. The summed E-state index contributed by atoms with van der Waals surface area (Å²) in [6, 6.07) is 8.24. The first kappa shape index (κ1) is 19.0. The number of aromatic carboxylic acids is 1. The van der Waals surface area contributed by atoms with Gasteiger partial charge in [0.1, 0.15) is 11.4 Å². The number of halogens is 3. The van der Waals surface area contributed by atoms with Crippen LogP contribution >= 0.6 is 11.8 Å². The fourth-order valence-electron chi connectivity index (χ4n) is 2.14. The van der Waals surface area contributed by atoms with Gasteiger partial charge in [-0.25, -0.2) is 9.78 Å². The van der Waals surface area contributed by atoms with E-state index in [9.17, 15) is 22.8 Å². The minimum atomic E-state index is -4.77. The summed E-state index contributed by atoms with van der Waals surface area (Å²) in [7, 11) is 0. The average molecular weight is 369 g/mol. The van der Waals surface area contributed by atoms with Crippen molar-refractivity contribution in [1.29, 1.82) is 0 Å². The van der Waals surface area contributed by atoms with Crippen LogP contribution in [0.5, 0.6) is 0 Å². The van der Waals surface area contributed by atoms with Crippen LogP contribution in [0.4, 0.5) is 13.2 Å². The number of hydrogen-bond donors (Lipinski definition) is 1. The molecule has 1 N–H and O–H groups in total. The van der Waals surface area contributed by atoms with Gasteiger partial charge in [0.05, 0.1) is 5.56 Å². The van der Waals surface area contributed by atoms with Crippen molar-refractivity contribution in [2.45, 2.75) is 30.8 Å². The molecule has 0 aliphatic carbocycles. The number of pyridine rings is 1. The lowest BCUT2D eigenvalue weighted by Gasteiger charge is -2.13. The molecule has 0 bridgehead atoms. The van der Waals surface area contributed by atoms with E-state index in [1.165, 1.54) is 0 Å². The van der Waals surface area contributed by atoms with Crippen LogP contribution in [0.25, 0.3) is 0 Å². The fourth-order valence-corrected chi connectivity index (χ4v) is 3.16. The third kappa shape index (κ3) is 4.39. The fraction of sp³-hybridized carbons (Fsp3) is 0.235. The van der Waals surface area contributed by atoms with Gasteiger partial charge < -0.3 is 5.11 Å². The molecule has 1 heterocycles. The molecule has 0 aliphatic heterocycles. The highest BCUT2D eigenvalue weighted by molar-refractivity contribution is 8.14. The lowest BCUT2D eigenvalue weighted by molar-refractivity contribution is -0.141. The first-order chi connectivity index (χ1) is 11.6. The molecule has 4 nitrogen and oxygen atoms in total. The van der Waals surface area contributed by atoms with Gasteiger partial charge in [0, 0.05) is 4.90 Å². The number of carboxylic acids is 1. The number of benzene rings is 1. The summed E-state index contributed by atoms with van der Waals surface area (Å²) < 4.78 is 38.5. The number of alkyl halides is 3. The predicted molar refractivity (Wildman–Crippen MR) is 86.9 cm³/mol. The molecule has 132 valence electrons. The molecule has 2 rings (SSSR count). The molecular weight excluding hydrogens is 355 g/mol. The number of carbonyl (C=O) groups excluding carboxylic acids is 1. The normalized spacial score (nSPS) is 11.6. The van der Waals surface area contributed by atoms with E-state index in [2.05, 4.69) is 4.98 Å². The van der Waals surface area contributed by atoms with Gasteiger partial charge in [0.2, 0.25) is 5.12 Å². The van der Waals surface area contributed by atoms with E-state index in [4.69, 9.17) is 5.11 Å². The number of thioether (sulfide) groups is 1. The summed E-state index contributed by atoms with van der Waals surface area (Å²) in [4.78, 5) is 27.5. The number of nitrogens with zero attached hydrogens (tertiary/aromatic N) is 1. The maximum absolute atomic E-state index is 12.8. The molecule has 1 aromatic carbocycles. The Morgan fingerprint density at radius 3 is 2.32 bits per heavy atom. The molecule has 0 saturated carbocycles. The van der Waals surface area contributed by atoms with E-state index in [1.54, 1.807) is 24.3 Å². The highest BCUT2D eigenvalue weighted by Crippen LogP contribution is 2.33. The van der Waals surface area contributed by atoms with Gasteiger partial charge in [-0.05, 0) is 41.4 Å². The van der Waals surface area contributed by atoms with Crippen molar-refractivity contribution in [3.8, 4) is 0 Å². The molecule has 0 fully saturated rings. The second-order valence-corrected chi connectivity index (χ2v) is 6.49. The van der Waals surface area contributed by atoms with Gasteiger partial charge in [-0.2, -0.15) is 13.2 Å². The van der Waals surface area contributed by atoms with E-state index < -0.39 is 34.2 Å². The van der Waals surface area contributed by atoms with Gasteiger partial charge in [-0.3, -0.25) is 4.79 Å². The van der Waals surface area contributed by atoms with Crippen molar-refractivity contribution in [1.82, 2.24) is 4.98 Å². The van der Waals surface area contributed by atoms with Crippen molar-refractivity contribution in [3.63, 3.8) is 0 Å². The SMILES string of the molecule is CC(C)c1ccccc1SC(=O)c1nc(C(F)(F)F)ccc1C(=O)O. The highest BCUT2D eigenvalue weighted by atomic mass is 32.2. The number of carboxylic acid groups (broad SMARTS) is 1. The Kier molecular flexibility index (Phi) is 5.52. The Bertz CT molecular complexity index is 819. The molecular formula is C17H14F3NO3S. The number of hydrogen-bond acceptors (Lipinski definition) is 4. The summed E-state index contributed by atoms with van der Waals surface area (Å²) >= 11 is 0.670. The van der Waals surface area contributed by atoms with E-state index in [-0.39, 0.29) is 5.92 Å². The van der Waals surface area contributed by atoms with Gasteiger partial charge in [-0.15, -0.1) is 0 Å². The van der Waals surface area contributed by atoms with E-state index in [0.717, 1.165) is 11.6 Å². The number of rotatable bonds is 4. The second-order valence-electron chi connectivity index (χ2n) is 5.48. The molecule has 0 aliphatic rings. The van der Waals surface area contributed by atoms with Crippen LogP contribution in [0.3, 0.4) is 0 Å². The van der Waals surface area contributed by atoms with Crippen molar-refractivity contribution in [2.24, 2.45) is 0 Å². The monoisotopic (exact) mass is 369 g/mol. The second kappa shape index (κ2) is 7.26. The zero-order chi connectivity index (χ0) is 18.8. The van der Waals surface area contributed by atoms with Crippen LogP contribution in [0.15, 0.2) is 41.3 Å². The molecule has 8 heteroatoms. The highest BCUT2D eigenvalue weighted by Gasteiger charge is 2.34. The molecule has 0 spiro atoms. The van der Waals surface area contributed by atoms with E-state index >= 15 is 0 Å². The first-order valence-corrected chi connectivity index (χ1v) is 8.05. The first-order valence-electron chi connectivity index (χ1n) is 7.24. The Morgan fingerprint density at radius 1 is 1.12 bits per heavy atom. The van der Waals surface area contributed by atoms with Crippen LogP contribution in [-0.4, -0.2) is 21.2 Å². The maximum atomic E-state index is 12.8. The van der Waals surface area contributed by atoms with Gasteiger partial charge in [0.25, 0.3) is 0 Å². The minimum absolute atomic E-state index is 0.0879. The predicted octanol–water partition coefficient (Wildman–Crippen LogP) is 4.85. The quantitative estimate of drug-likeness (QED) is 0.780. The molecule has 0 amide bonds. The van der Waals surface area contributed by atoms with Gasteiger partial charge >= 0.3 is 12.1 Å². The van der Waals surface area contributed by atoms with Crippen LogP contribution < -0.4 is 0 Å². The number of aromatic nitrogens is 1. The van der Waals surface area contributed by atoms with Crippen molar-refractivity contribution < 1.29 is 27.9 Å². The summed E-state index contributed by atoms with van der Waals surface area (Å²) in [6.45, 7) is 3.82.